The maximum absolute atomic E-state index is 12.5. The zero-order valence-electron chi connectivity index (χ0n) is 12.4. The van der Waals surface area contributed by atoms with E-state index in [1.807, 2.05) is 12.4 Å². The minimum Gasteiger partial charge on any atom is -0.299 e. The van der Waals surface area contributed by atoms with E-state index in [-0.39, 0.29) is 5.92 Å². The fourth-order valence-electron chi connectivity index (χ4n) is 3.41. The van der Waals surface area contributed by atoms with Gasteiger partial charge >= 0.3 is 0 Å². The van der Waals surface area contributed by atoms with Crippen LogP contribution in [0.4, 0.5) is 0 Å². The summed E-state index contributed by atoms with van der Waals surface area (Å²) in [5, 5.41) is 0. The third-order valence-electron chi connectivity index (χ3n) is 4.52. The Morgan fingerprint density at radius 3 is 2.37 bits per heavy atom. The maximum Gasteiger partial charge on any atom is 0.140 e. The molecule has 1 saturated carbocycles. The van der Waals surface area contributed by atoms with Gasteiger partial charge in [-0.15, -0.1) is 0 Å². The van der Waals surface area contributed by atoms with Crippen molar-refractivity contribution in [2.45, 2.75) is 65.2 Å². The van der Waals surface area contributed by atoms with Gasteiger partial charge in [-0.2, -0.15) is 0 Å². The number of carbonyl (C=O) groups excluding carboxylic acids is 1. The Kier molecular flexibility index (Phi) is 4.73. The van der Waals surface area contributed by atoms with Crippen molar-refractivity contribution in [2.75, 3.05) is 0 Å². The fraction of sp³-hybridized carbons (Fsp3) is 0.647. The van der Waals surface area contributed by atoms with Crippen molar-refractivity contribution < 1.29 is 4.79 Å². The predicted molar refractivity (Wildman–Crippen MR) is 78.3 cm³/mol. The Morgan fingerprint density at radius 1 is 1.21 bits per heavy atom. The summed E-state index contributed by atoms with van der Waals surface area (Å²) >= 11 is 0. The van der Waals surface area contributed by atoms with Gasteiger partial charge in [0.15, 0.2) is 0 Å². The molecule has 0 aliphatic heterocycles. The van der Waals surface area contributed by atoms with Gasteiger partial charge < -0.3 is 0 Å². The van der Waals surface area contributed by atoms with Crippen LogP contribution in [0.3, 0.4) is 0 Å². The first-order valence-electron chi connectivity index (χ1n) is 7.53. The van der Waals surface area contributed by atoms with Crippen molar-refractivity contribution in [1.29, 1.82) is 0 Å². The van der Waals surface area contributed by atoms with Crippen molar-refractivity contribution >= 4 is 5.78 Å². The van der Waals surface area contributed by atoms with E-state index in [1.165, 1.54) is 37.7 Å². The molecule has 0 N–H and O–H groups in total. The largest absolute Gasteiger partial charge is 0.299 e. The molecule has 0 amide bonds. The maximum atomic E-state index is 12.5. The lowest BCUT2D eigenvalue weighted by molar-refractivity contribution is -0.121. The predicted octanol–water partition coefficient (Wildman–Crippen LogP) is 4.34. The lowest BCUT2D eigenvalue weighted by atomic mass is 9.81. The second kappa shape index (κ2) is 6.31. The van der Waals surface area contributed by atoms with Gasteiger partial charge in [0.05, 0.1) is 0 Å². The van der Waals surface area contributed by atoms with Crippen LogP contribution in [0.5, 0.6) is 0 Å². The van der Waals surface area contributed by atoms with Crippen LogP contribution in [0.25, 0.3) is 0 Å². The van der Waals surface area contributed by atoms with E-state index in [4.69, 9.17) is 0 Å². The molecule has 1 aliphatic carbocycles. The summed E-state index contributed by atoms with van der Waals surface area (Å²) in [4.78, 5) is 16.7. The minimum atomic E-state index is 0.0185. The molecule has 0 bridgehead atoms. The summed E-state index contributed by atoms with van der Waals surface area (Å²) in [6.45, 7) is 6.17. The average Bonchev–Trinajstić information content (AvgIpc) is 2.39. The zero-order valence-corrected chi connectivity index (χ0v) is 12.4. The van der Waals surface area contributed by atoms with Gasteiger partial charge in [0.25, 0.3) is 0 Å². The third kappa shape index (κ3) is 3.43. The molecule has 1 aromatic heterocycles. The molecule has 0 spiro atoms. The molecule has 0 radical (unpaired) electrons. The number of nitrogens with zero attached hydrogens (tertiary/aromatic N) is 1. The number of pyridine rings is 1. The monoisotopic (exact) mass is 259 g/mol. The Balaban J connectivity index is 2.06. The fourth-order valence-corrected chi connectivity index (χ4v) is 3.41. The molecule has 0 aromatic carbocycles. The molecule has 1 heterocycles. The summed E-state index contributed by atoms with van der Waals surface area (Å²) in [6, 6.07) is 0. The van der Waals surface area contributed by atoms with Gasteiger partial charge in [-0.1, -0.05) is 39.0 Å². The molecule has 2 nitrogen and oxygen atoms in total. The molecule has 2 heteroatoms. The minimum absolute atomic E-state index is 0.0185. The topological polar surface area (TPSA) is 30.0 Å². The molecular weight excluding hydrogens is 234 g/mol. The number of carbonyl (C=O) groups is 1. The second-order valence-corrected chi connectivity index (χ2v) is 6.08. The summed E-state index contributed by atoms with van der Waals surface area (Å²) < 4.78 is 0. The van der Waals surface area contributed by atoms with Crippen LogP contribution in [0.2, 0.25) is 0 Å². The zero-order chi connectivity index (χ0) is 13.8. The van der Waals surface area contributed by atoms with E-state index in [0.29, 0.717) is 11.7 Å². The molecule has 1 aliphatic rings. The van der Waals surface area contributed by atoms with Crippen molar-refractivity contribution in [2.24, 2.45) is 5.92 Å². The number of aryl methyl sites for hydroxylation is 2. The lowest BCUT2D eigenvalue weighted by Gasteiger charge is -2.23. The van der Waals surface area contributed by atoms with E-state index in [9.17, 15) is 4.79 Å². The first-order valence-corrected chi connectivity index (χ1v) is 7.53. The summed E-state index contributed by atoms with van der Waals surface area (Å²) in [6.07, 6.45) is 10.9. The molecule has 1 fully saturated rings. The van der Waals surface area contributed by atoms with Crippen molar-refractivity contribution in [3.8, 4) is 0 Å². The number of hydrogen-bond donors (Lipinski definition) is 0. The standard InChI is InChI=1S/C17H25NO/c1-12-10-18-11-13(2)17(12)14(3)16(19)9-15-7-5-4-6-8-15/h10-11,14-15H,4-9H2,1-3H3. The number of hydrogen-bond acceptors (Lipinski definition) is 2. The van der Waals surface area contributed by atoms with E-state index in [2.05, 4.69) is 25.8 Å². The van der Waals surface area contributed by atoms with Crippen LogP contribution >= 0.6 is 0 Å². The molecule has 1 aromatic rings. The van der Waals surface area contributed by atoms with E-state index in [0.717, 1.165) is 17.5 Å². The summed E-state index contributed by atoms with van der Waals surface area (Å²) in [5.74, 6) is 1.06. The highest BCUT2D eigenvalue weighted by Gasteiger charge is 2.23. The van der Waals surface area contributed by atoms with E-state index < -0.39 is 0 Å². The van der Waals surface area contributed by atoms with Crippen LogP contribution < -0.4 is 0 Å². The lowest BCUT2D eigenvalue weighted by Crippen LogP contribution is -2.18. The molecule has 1 unspecified atom stereocenters. The van der Waals surface area contributed by atoms with E-state index in [1.54, 1.807) is 0 Å². The first-order chi connectivity index (χ1) is 9.09. The van der Waals surface area contributed by atoms with Gasteiger partial charge in [0.2, 0.25) is 0 Å². The molecule has 0 saturated heterocycles. The van der Waals surface area contributed by atoms with Crippen LogP contribution in [0.15, 0.2) is 12.4 Å². The highest BCUT2D eigenvalue weighted by atomic mass is 16.1. The van der Waals surface area contributed by atoms with Crippen molar-refractivity contribution in [3.05, 3.63) is 29.1 Å². The third-order valence-corrected chi connectivity index (χ3v) is 4.52. The van der Waals surface area contributed by atoms with Gasteiger partial charge in [0.1, 0.15) is 5.78 Å². The quantitative estimate of drug-likeness (QED) is 0.805. The van der Waals surface area contributed by atoms with Gasteiger partial charge in [0, 0.05) is 24.7 Å². The normalized spacial score (nSPS) is 18.3. The number of rotatable bonds is 4. The average molecular weight is 259 g/mol. The van der Waals surface area contributed by atoms with Crippen LogP contribution in [-0.2, 0) is 4.79 Å². The highest BCUT2D eigenvalue weighted by Crippen LogP contribution is 2.30. The van der Waals surface area contributed by atoms with Crippen molar-refractivity contribution in [1.82, 2.24) is 4.98 Å². The van der Waals surface area contributed by atoms with Crippen LogP contribution in [-0.4, -0.2) is 10.8 Å². The van der Waals surface area contributed by atoms with Crippen molar-refractivity contribution in [3.63, 3.8) is 0 Å². The molecule has 19 heavy (non-hydrogen) atoms. The SMILES string of the molecule is Cc1cncc(C)c1C(C)C(=O)CC1CCCCC1. The highest BCUT2D eigenvalue weighted by molar-refractivity contribution is 5.86. The molecular formula is C17H25NO. The molecule has 2 rings (SSSR count). The Labute approximate surface area is 116 Å². The summed E-state index contributed by atoms with van der Waals surface area (Å²) in [7, 11) is 0. The Morgan fingerprint density at radius 2 is 1.79 bits per heavy atom. The Bertz CT molecular complexity index is 426. The number of aromatic nitrogens is 1. The molecule has 1 atom stereocenters. The molecule has 104 valence electrons. The first kappa shape index (κ1) is 14.2. The van der Waals surface area contributed by atoms with E-state index >= 15 is 0 Å². The number of ketones is 1. The van der Waals surface area contributed by atoms with Gasteiger partial charge in [-0.05, 0) is 36.5 Å². The van der Waals surface area contributed by atoms with Gasteiger partial charge in [-0.25, -0.2) is 0 Å². The van der Waals surface area contributed by atoms with Gasteiger partial charge in [-0.3, -0.25) is 9.78 Å². The smallest absolute Gasteiger partial charge is 0.140 e. The second-order valence-electron chi connectivity index (χ2n) is 6.08. The summed E-state index contributed by atoms with van der Waals surface area (Å²) in [5.41, 5.74) is 3.48. The number of Topliss-reactive ketones (excluding diaryl/α,β-unsaturated/α-hetero) is 1. The Hall–Kier alpha value is -1.18. The van der Waals surface area contributed by atoms with Crippen LogP contribution in [0, 0.1) is 19.8 Å². The van der Waals surface area contributed by atoms with Crippen LogP contribution in [0.1, 0.15) is 68.1 Å².